The molecule has 0 aliphatic heterocycles. The molecule has 1 heterocycles. The quantitative estimate of drug-likeness (QED) is 0.432. The second kappa shape index (κ2) is 4.88. The number of nitrogens with zero attached hydrogens (tertiary/aromatic N) is 1. The molecule has 0 saturated carbocycles. The van der Waals surface area contributed by atoms with Gasteiger partial charge in [0, 0.05) is 21.9 Å². The Bertz CT molecular complexity index is 1010. The summed E-state index contributed by atoms with van der Waals surface area (Å²) in [5.74, 6) is -0.731. The maximum Gasteiger partial charge on any atom is 0.149 e. The van der Waals surface area contributed by atoms with Crippen LogP contribution in [0.3, 0.4) is 0 Å². The van der Waals surface area contributed by atoms with Gasteiger partial charge >= 0.3 is 0 Å². The molecule has 22 heavy (non-hydrogen) atoms. The van der Waals surface area contributed by atoms with Crippen LogP contribution in [0.4, 0.5) is 8.78 Å². The van der Waals surface area contributed by atoms with Crippen molar-refractivity contribution >= 4 is 21.8 Å². The topological polar surface area (TPSA) is 12.9 Å². The maximum atomic E-state index is 14.3. The van der Waals surface area contributed by atoms with E-state index < -0.39 is 5.82 Å². The van der Waals surface area contributed by atoms with Crippen molar-refractivity contribution in [1.29, 1.82) is 0 Å². The van der Waals surface area contributed by atoms with E-state index in [0.717, 1.165) is 5.39 Å². The molecule has 0 saturated heterocycles. The van der Waals surface area contributed by atoms with Gasteiger partial charge in [0.2, 0.25) is 0 Å². The Morgan fingerprint density at radius 1 is 0.636 bits per heavy atom. The summed E-state index contributed by atoms with van der Waals surface area (Å²) in [7, 11) is 0. The summed E-state index contributed by atoms with van der Waals surface area (Å²) in [5, 5.41) is 1.43. The zero-order chi connectivity index (χ0) is 15.1. The fourth-order valence-electron chi connectivity index (χ4n) is 2.83. The highest BCUT2D eigenvalue weighted by Crippen LogP contribution is 2.36. The maximum absolute atomic E-state index is 14.3. The molecule has 0 amide bonds. The van der Waals surface area contributed by atoms with E-state index in [9.17, 15) is 8.78 Å². The van der Waals surface area contributed by atoms with Crippen molar-refractivity contribution in [3.8, 4) is 11.1 Å². The van der Waals surface area contributed by atoms with Gasteiger partial charge < -0.3 is 0 Å². The van der Waals surface area contributed by atoms with E-state index in [4.69, 9.17) is 0 Å². The summed E-state index contributed by atoms with van der Waals surface area (Å²) in [5.41, 5.74) is 2.05. The molecule has 0 bridgehead atoms. The Morgan fingerprint density at radius 3 is 2.18 bits per heavy atom. The molecule has 1 nitrogen and oxygen atoms in total. The predicted octanol–water partition coefficient (Wildman–Crippen LogP) is 5.33. The van der Waals surface area contributed by atoms with Crippen LogP contribution in [-0.4, -0.2) is 4.98 Å². The van der Waals surface area contributed by atoms with Crippen LogP contribution in [0.25, 0.3) is 32.9 Å². The lowest BCUT2D eigenvalue weighted by molar-refractivity contribution is 0.631. The number of fused-ring (bicyclic) bond motifs is 2. The minimum absolute atomic E-state index is 0.263. The van der Waals surface area contributed by atoms with Crippen molar-refractivity contribution in [2.45, 2.75) is 0 Å². The lowest BCUT2D eigenvalue weighted by Crippen LogP contribution is -1.93. The number of halogens is 2. The van der Waals surface area contributed by atoms with Crippen LogP contribution in [0.1, 0.15) is 0 Å². The van der Waals surface area contributed by atoms with Crippen molar-refractivity contribution in [2.75, 3.05) is 0 Å². The van der Waals surface area contributed by atoms with E-state index in [1.807, 2.05) is 24.3 Å². The molecule has 106 valence electrons. The molecule has 3 aromatic carbocycles. The first-order chi connectivity index (χ1) is 10.8. The molecule has 0 aliphatic carbocycles. The van der Waals surface area contributed by atoms with E-state index in [-0.39, 0.29) is 11.3 Å². The molecular weight excluding hydrogens is 280 g/mol. The SMILES string of the molecule is Fc1ccccc1-c1c2ccccc2nc2c(F)cccc12. The number of pyridine rings is 1. The van der Waals surface area contributed by atoms with E-state index in [1.165, 1.54) is 12.1 Å². The third-order valence-electron chi connectivity index (χ3n) is 3.80. The average molecular weight is 291 g/mol. The summed E-state index contributed by atoms with van der Waals surface area (Å²) < 4.78 is 28.5. The zero-order valence-electron chi connectivity index (χ0n) is 11.6. The van der Waals surface area contributed by atoms with Crippen LogP contribution < -0.4 is 0 Å². The average Bonchev–Trinajstić information content (AvgIpc) is 2.54. The molecule has 0 N–H and O–H groups in total. The molecular formula is C19H11F2N. The monoisotopic (exact) mass is 291 g/mol. The van der Waals surface area contributed by atoms with Crippen LogP contribution in [0.2, 0.25) is 0 Å². The summed E-state index contributed by atoms with van der Waals surface area (Å²) >= 11 is 0. The van der Waals surface area contributed by atoms with Gasteiger partial charge in [0.15, 0.2) is 0 Å². The van der Waals surface area contributed by atoms with E-state index >= 15 is 0 Å². The number of rotatable bonds is 1. The molecule has 0 radical (unpaired) electrons. The summed E-state index contributed by atoms with van der Waals surface area (Å²) in [4.78, 5) is 4.40. The van der Waals surface area contributed by atoms with Gasteiger partial charge in [-0.2, -0.15) is 0 Å². The van der Waals surface area contributed by atoms with Crippen LogP contribution in [0, 0.1) is 11.6 Å². The number of aromatic nitrogens is 1. The van der Waals surface area contributed by atoms with Crippen molar-refractivity contribution in [1.82, 2.24) is 4.98 Å². The van der Waals surface area contributed by atoms with Crippen LogP contribution in [0.5, 0.6) is 0 Å². The molecule has 4 rings (SSSR count). The number of hydrogen-bond acceptors (Lipinski definition) is 1. The Kier molecular flexibility index (Phi) is 2.86. The highest BCUT2D eigenvalue weighted by Gasteiger charge is 2.15. The Hall–Kier alpha value is -2.81. The van der Waals surface area contributed by atoms with Gasteiger partial charge in [-0.15, -0.1) is 0 Å². The standard InChI is InChI=1S/C19H11F2N/c20-15-9-3-1-6-12(15)18-13-7-2-4-11-17(13)22-19-14(18)8-5-10-16(19)21/h1-11H. The number of hydrogen-bond donors (Lipinski definition) is 0. The van der Waals surface area contributed by atoms with E-state index in [0.29, 0.717) is 22.0 Å². The van der Waals surface area contributed by atoms with Crippen molar-refractivity contribution < 1.29 is 8.78 Å². The Morgan fingerprint density at radius 2 is 1.32 bits per heavy atom. The molecule has 3 heteroatoms. The fourth-order valence-corrected chi connectivity index (χ4v) is 2.83. The minimum atomic E-state index is -0.402. The fraction of sp³-hybridized carbons (Fsp3) is 0. The Balaban J connectivity index is 2.27. The number of benzene rings is 3. The van der Waals surface area contributed by atoms with Gasteiger partial charge in [-0.05, 0) is 18.2 Å². The van der Waals surface area contributed by atoms with Crippen molar-refractivity contribution in [2.24, 2.45) is 0 Å². The van der Waals surface area contributed by atoms with Gasteiger partial charge in [0.05, 0.1) is 5.52 Å². The van der Waals surface area contributed by atoms with Crippen molar-refractivity contribution in [3.05, 3.63) is 78.4 Å². The summed E-state index contributed by atoms with van der Waals surface area (Å²) in [6.45, 7) is 0. The minimum Gasteiger partial charge on any atom is -0.245 e. The highest BCUT2D eigenvalue weighted by molar-refractivity contribution is 6.09. The van der Waals surface area contributed by atoms with Gasteiger partial charge in [-0.25, -0.2) is 13.8 Å². The first kappa shape index (κ1) is 12.9. The van der Waals surface area contributed by atoms with E-state index in [2.05, 4.69) is 4.98 Å². The first-order valence-corrected chi connectivity index (χ1v) is 6.97. The Labute approximate surface area is 125 Å². The van der Waals surface area contributed by atoms with Gasteiger partial charge in [-0.1, -0.05) is 48.5 Å². The van der Waals surface area contributed by atoms with E-state index in [1.54, 1.807) is 30.3 Å². The third kappa shape index (κ3) is 1.86. The lowest BCUT2D eigenvalue weighted by atomic mass is 9.96. The number of para-hydroxylation sites is 2. The summed E-state index contributed by atoms with van der Waals surface area (Å²) in [6.07, 6.45) is 0. The highest BCUT2D eigenvalue weighted by atomic mass is 19.1. The second-order valence-corrected chi connectivity index (χ2v) is 5.12. The zero-order valence-corrected chi connectivity index (χ0v) is 11.6. The molecule has 0 aliphatic rings. The summed E-state index contributed by atoms with van der Waals surface area (Å²) in [6, 6.07) is 18.7. The molecule has 1 aromatic heterocycles. The van der Waals surface area contributed by atoms with Crippen LogP contribution >= 0.6 is 0 Å². The van der Waals surface area contributed by atoms with Gasteiger partial charge in [0.25, 0.3) is 0 Å². The van der Waals surface area contributed by atoms with Crippen LogP contribution in [-0.2, 0) is 0 Å². The molecule has 0 spiro atoms. The third-order valence-corrected chi connectivity index (χ3v) is 3.80. The molecule has 0 atom stereocenters. The van der Waals surface area contributed by atoms with Gasteiger partial charge in [0.1, 0.15) is 17.2 Å². The van der Waals surface area contributed by atoms with Crippen molar-refractivity contribution in [3.63, 3.8) is 0 Å². The molecule has 0 unspecified atom stereocenters. The smallest absolute Gasteiger partial charge is 0.149 e. The normalized spacial score (nSPS) is 11.2. The molecule has 0 fully saturated rings. The predicted molar refractivity (Wildman–Crippen MR) is 84.6 cm³/mol. The first-order valence-electron chi connectivity index (χ1n) is 6.97. The second-order valence-electron chi connectivity index (χ2n) is 5.12. The van der Waals surface area contributed by atoms with Crippen LogP contribution in [0.15, 0.2) is 66.7 Å². The largest absolute Gasteiger partial charge is 0.245 e. The van der Waals surface area contributed by atoms with Gasteiger partial charge in [-0.3, -0.25) is 0 Å². The molecule has 4 aromatic rings. The lowest BCUT2D eigenvalue weighted by Gasteiger charge is -2.12.